The zero-order chi connectivity index (χ0) is 15.0. The predicted octanol–water partition coefficient (Wildman–Crippen LogP) is 4.31. The standard InChI is InChI=1S/C16H25BrFNO/c1-4-8-15(20-6-3)14(19-5-2)11-12-9-7-10-13(18)16(12)17/h7,9-10,14-15,19H,4-6,8,11H2,1-3H3. The Hall–Kier alpha value is -0.450. The summed E-state index contributed by atoms with van der Waals surface area (Å²) < 4.78 is 20.0. The van der Waals surface area contributed by atoms with Gasteiger partial charge in [0.15, 0.2) is 0 Å². The first-order chi connectivity index (χ1) is 9.63. The fourth-order valence-corrected chi connectivity index (χ4v) is 2.87. The van der Waals surface area contributed by atoms with Gasteiger partial charge < -0.3 is 10.1 Å². The number of rotatable bonds is 9. The highest BCUT2D eigenvalue weighted by molar-refractivity contribution is 9.10. The van der Waals surface area contributed by atoms with Crippen molar-refractivity contribution in [2.24, 2.45) is 0 Å². The van der Waals surface area contributed by atoms with Crippen molar-refractivity contribution in [3.8, 4) is 0 Å². The fourth-order valence-electron chi connectivity index (χ4n) is 2.44. The van der Waals surface area contributed by atoms with Crippen LogP contribution in [-0.4, -0.2) is 25.3 Å². The first kappa shape index (κ1) is 17.6. The first-order valence-electron chi connectivity index (χ1n) is 7.41. The monoisotopic (exact) mass is 345 g/mol. The number of hydrogen-bond acceptors (Lipinski definition) is 2. The largest absolute Gasteiger partial charge is 0.377 e. The third kappa shape index (κ3) is 5.15. The van der Waals surface area contributed by atoms with Gasteiger partial charge in [0.25, 0.3) is 0 Å². The number of likely N-dealkylation sites (N-methyl/N-ethyl adjacent to an activating group) is 1. The van der Waals surface area contributed by atoms with E-state index >= 15 is 0 Å². The van der Waals surface area contributed by atoms with Crippen molar-refractivity contribution in [2.75, 3.05) is 13.2 Å². The highest BCUT2D eigenvalue weighted by Gasteiger charge is 2.22. The molecule has 0 aliphatic carbocycles. The van der Waals surface area contributed by atoms with Gasteiger partial charge in [-0.25, -0.2) is 4.39 Å². The van der Waals surface area contributed by atoms with Gasteiger partial charge in [0, 0.05) is 12.6 Å². The Balaban J connectivity index is 2.86. The van der Waals surface area contributed by atoms with Gasteiger partial charge >= 0.3 is 0 Å². The van der Waals surface area contributed by atoms with Gasteiger partial charge in [-0.3, -0.25) is 0 Å². The molecule has 1 N–H and O–H groups in total. The first-order valence-corrected chi connectivity index (χ1v) is 8.21. The van der Waals surface area contributed by atoms with Gasteiger partial charge in [-0.15, -0.1) is 0 Å². The molecule has 0 aliphatic heterocycles. The Labute approximate surface area is 130 Å². The van der Waals surface area contributed by atoms with Gasteiger partial charge in [0.2, 0.25) is 0 Å². The molecule has 1 rings (SSSR count). The smallest absolute Gasteiger partial charge is 0.137 e. The summed E-state index contributed by atoms with van der Waals surface area (Å²) >= 11 is 3.34. The molecule has 4 heteroatoms. The topological polar surface area (TPSA) is 21.3 Å². The average molecular weight is 346 g/mol. The van der Waals surface area contributed by atoms with E-state index in [0.29, 0.717) is 11.1 Å². The van der Waals surface area contributed by atoms with E-state index in [1.165, 1.54) is 6.07 Å². The lowest BCUT2D eigenvalue weighted by molar-refractivity contribution is 0.0285. The number of ether oxygens (including phenoxy) is 1. The number of halogens is 2. The quantitative estimate of drug-likeness (QED) is 0.719. The molecule has 0 spiro atoms. The van der Waals surface area contributed by atoms with Crippen molar-refractivity contribution in [3.05, 3.63) is 34.1 Å². The van der Waals surface area contributed by atoms with E-state index in [1.807, 2.05) is 13.0 Å². The summed E-state index contributed by atoms with van der Waals surface area (Å²) in [6, 6.07) is 5.40. The molecule has 1 aromatic carbocycles. The Kier molecular flexibility index (Phi) is 8.34. The summed E-state index contributed by atoms with van der Waals surface area (Å²) in [5.74, 6) is -0.207. The van der Waals surface area contributed by atoms with Crippen LogP contribution in [0.25, 0.3) is 0 Å². The molecule has 2 unspecified atom stereocenters. The van der Waals surface area contributed by atoms with Crippen LogP contribution in [0.1, 0.15) is 39.2 Å². The summed E-state index contributed by atoms with van der Waals surface area (Å²) in [5, 5.41) is 3.48. The molecule has 20 heavy (non-hydrogen) atoms. The maximum atomic E-state index is 13.6. The minimum atomic E-state index is -0.207. The molecular formula is C16H25BrFNO. The van der Waals surface area contributed by atoms with Crippen LogP contribution in [0.4, 0.5) is 4.39 Å². The van der Waals surface area contributed by atoms with E-state index in [2.05, 4.69) is 35.1 Å². The van der Waals surface area contributed by atoms with Crippen LogP contribution in [0, 0.1) is 5.82 Å². The second kappa shape index (κ2) is 9.48. The minimum Gasteiger partial charge on any atom is -0.377 e. The molecule has 0 amide bonds. The number of nitrogens with one attached hydrogen (secondary N) is 1. The van der Waals surface area contributed by atoms with Crippen molar-refractivity contribution >= 4 is 15.9 Å². The van der Waals surface area contributed by atoms with Crippen molar-refractivity contribution in [1.29, 1.82) is 0 Å². The Morgan fingerprint density at radius 1 is 1.30 bits per heavy atom. The molecule has 114 valence electrons. The van der Waals surface area contributed by atoms with Crippen molar-refractivity contribution in [3.63, 3.8) is 0 Å². The molecule has 0 bridgehead atoms. The molecule has 2 atom stereocenters. The third-order valence-corrected chi connectivity index (χ3v) is 4.23. The van der Waals surface area contributed by atoms with E-state index in [1.54, 1.807) is 6.07 Å². The van der Waals surface area contributed by atoms with Crippen molar-refractivity contribution < 1.29 is 9.13 Å². The van der Waals surface area contributed by atoms with Crippen molar-refractivity contribution in [1.82, 2.24) is 5.32 Å². The summed E-state index contributed by atoms with van der Waals surface area (Å²) in [5.41, 5.74) is 0.983. The SMILES string of the molecule is CCCC(OCC)C(Cc1cccc(F)c1Br)NCC. The number of benzene rings is 1. The molecular weight excluding hydrogens is 321 g/mol. The maximum Gasteiger partial charge on any atom is 0.137 e. The highest BCUT2D eigenvalue weighted by atomic mass is 79.9. The fraction of sp³-hybridized carbons (Fsp3) is 0.625. The zero-order valence-electron chi connectivity index (χ0n) is 12.6. The van der Waals surface area contributed by atoms with E-state index in [9.17, 15) is 4.39 Å². The van der Waals surface area contributed by atoms with Crippen LogP contribution in [0.5, 0.6) is 0 Å². The Morgan fingerprint density at radius 2 is 2.05 bits per heavy atom. The molecule has 0 fully saturated rings. The summed E-state index contributed by atoms with van der Waals surface area (Å²) in [7, 11) is 0. The van der Waals surface area contributed by atoms with Crippen LogP contribution in [0.2, 0.25) is 0 Å². The van der Waals surface area contributed by atoms with E-state index in [-0.39, 0.29) is 18.0 Å². The second-order valence-electron chi connectivity index (χ2n) is 4.86. The maximum absolute atomic E-state index is 13.6. The van der Waals surface area contributed by atoms with E-state index in [0.717, 1.165) is 31.4 Å². The molecule has 0 aliphatic rings. The van der Waals surface area contributed by atoms with E-state index in [4.69, 9.17) is 4.74 Å². The Morgan fingerprint density at radius 3 is 2.65 bits per heavy atom. The van der Waals surface area contributed by atoms with Gasteiger partial charge in [0.1, 0.15) is 5.82 Å². The lowest BCUT2D eigenvalue weighted by Gasteiger charge is -2.28. The van der Waals surface area contributed by atoms with Gasteiger partial charge in [-0.1, -0.05) is 32.4 Å². The molecule has 1 aromatic rings. The van der Waals surface area contributed by atoms with Gasteiger partial charge in [-0.05, 0) is 53.9 Å². The lowest BCUT2D eigenvalue weighted by atomic mass is 9.98. The van der Waals surface area contributed by atoms with E-state index < -0.39 is 0 Å². The molecule has 0 saturated carbocycles. The van der Waals surface area contributed by atoms with Crippen LogP contribution in [-0.2, 0) is 11.2 Å². The third-order valence-electron chi connectivity index (χ3n) is 3.34. The van der Waals surface area contributed by atoms with Crippen LogP contribution >= 0.6 is 15.9 Å². The minimum absolute atomic E-state index is 0.167. The van der Waals surface area contributed by atoms with Crippen LogP contribution < -0.4 is 5.32 Å². The predicted molar refractivity (Wildman–Crippen MR) is 85.6 cm³/mol. The molecule has 2 nitrogen and oxygen atoms in total. The molecule has 0 heterocycles. The lowest BCUT2D eigenvalue weighted by Crippen LogP contribution is -2.43. The average Bonchev–Trinajstić information content (AvgIpc) is 2.43. The molecule has 0 radical (unpaired) electrons. The summed E-state index contributed by atoms with van der Waals surface area (Å²) in [6.07, 6.45) is 3.02. The highest BCUT2D eigenvalue weighted by Crippen LogP contribution is 2.23. The normalized spacial score (nSPS) is 14.2. The summed E-state index contributed by atoms with van der Waals surface area (Å²) in [4.78, 5) is 0. The second-order valence-corrected chi connectivity index (χ2v) is 5.66. The zero-order valence-corrected chi connectivity index (χ0v) is 14.2. The summed E-state index contributed by atoms with van der Waals surface area (Å²) in [6.45, 7) is 7.85. The Bertz CT molecular complexity index is 394. The van der Waals surface area contributed by atoms with Crippen LogP contribution in [0.3, 0.4) is 0 Å². The number of hydrogen-bond donors (Lipinski definition) is 1. The van der Waals surface area contributed by atoms with Gasteiger partial charge in [0.05, 0.1) is 10.6 Å². The van der Waals surface area contributed by atoms with Crippen LogP contribution in [0.15, 0.2) is 22.7 Å². The van der Waals surface area contributed by atoms with Crippen molar-refractivity contribution in [2.45, 2.75) is 52.2 Å². The molecule has 0 saturated heterocycles. The molecule has 0 aromatic heterocycles. The van der Waals surface area contributed by atoms with Gasteiger partial charge in [-0.2, -0.15) is 0 Å².